The molecule has 1 aliphatic carbocycles. The predicted molar refractivity (Wildman–Crippen MR) is 88.6 cm³/mol. The zero-order valence-corrected chi connectivity index (χ0v) is 14.1. The number of rotatable bonds is 5. The van der Waals surface area contributed by atoms with Crippen molar-refractivity contribution in [3.63, 3.8) is 0 Å². The number of halogens is 1. The first-order valence-corrected chi connectivity index (χ1v) is 8.02. The molecule has 1 aromatic rings. The lowest BCUT2D eigenvalue weighted by Crippen LogP contribution is -2.35. The van der Waals surface area contributed by atoms with E-state index >= 15 is 0 Å². The summed E-state index contributed by atoms with van der Waals surface area (Å²) in [6.45, 7) is 6.45. The van der Waals surface area contributed by atoms with Crippen molar-refractivity contribution >= 4 is 17.3 Å². The standard InChI is InChI=1S/C17H23FN2O4/c1-10-4-12(9-17(2,3)8-10)19-14-7-13(18)11(6-16(21)22)5-15(14)20(23)24/h5,7,10,12,19H,4,6,8-9H2,1-3H3,(H,21,22)/t10-,12+/m1/s1. The molecule has 6 nitrogen and oxygen atoms in total. The van der Waals surface area contributed by atoms with E-state index in [9.17, 15) is 19.3 Å². The van der Waals surface area contributed by atoms with Crippen molar-refractivity contribution < 1.29 is 19.2 Å². The van der Waals surface area contributed by atoms with Crippen molar-refractivity contribution in [1.82, 2.24) is 0 Å². The summed E-state index contributed by atoms with van der Waals surface area (Å²) in [6.07, 6.45) is 2.20. The summed E-state index contributed by atoms with van der Waals surface area (Å²) in [7, 11) is 0. The molecule has 2 rings (SSSR count). The summed E-state index contributed by atoms with van der Waals surface area (Å²) < 4.78 is 14.1. The van der Waals surface area contributed by atoms with E-state index in [-0.39, 0.29) is 28.4 Å². The first-order valence-electron chi connectivity index (χ1n) is 8.02. The lowest BCUT2D eigenvalue weighted by Gasteiger charge is -2.39. The molecule has 0 amide bonds. The molecule has 0 aromatic heterocycles. The number of nitro benzene ring substituents is 1. The van der Waals surface area contributed by atoms with Gasteiger partial charge in [0.1, 0.15) is 11.5 Å². The van der Waals surface area contributed by atoms with Gasteiger partial charge in [0.25, 0.3) is 5.69 Å². The van der Waals surface area contributed by atoms with Gasteiger partial charge in [0.15, 0.2) is 0 Å². The summed E-state index contributed by atoms with van der Waals surface area (Å²) >= 11 is 0. The van der Waals surface area contributed by atoms with E-state index in [2.05, 4.69) is 26.1 Å². The lowest BCUT2D eigenvalue weighted by atomic mass is 9.70. The van der Waals surface area contributed by atoms with Gasteiger partial charge in [0.2, 0.25) is 0 Å². The Morgan fingerprint density at radius 2 is 2.12 bits per heavy atom. The Bertz CT molecular complexity index is 660. The molecular formula is C17H23FN2O4. The molecule has 7 heteroatoms. The molecule has 0 unspecified atom stereocenters. The molecule has 1 saturated carbocycles. The average molecular weight is 338 g/mol. The molecule has 1 fully saturated rings. The minimum Gasteiger partial charge on any atom is -0.481 e. The van der Waals surface area contributed by atoms with Gasteiger partial charge in [0, 0.05) is 23.7 Å². The summed E-state index contributed by atoms with van der Waals surface area (Å²) in [5.41, 5.74) is -0.242. The Morgan fingerprint density at radius 1 is 1.46 bits per heavy atom. The van der Waals surface area contributed by atoms with Crippen LogP contribution in [-0.4, -0.2) is 22.0 Å². The summed E-state index contributed by atoms with van der Waals surface area (Å²) in [5, 5.41) is 23.2. The molecule has 0 saturated heterocycles. The largest absolute Gasteiger partial charge is 0.481 e. The zero-order valence-electron chi connectivity index (χ0n) is 14.1. The van der Waals surface area contributed by atoms with Gasteiger partial charge in [-0.15, -0.1) is 0 Å². The van der Waals surface area contributed by atoms with Crippen molar-refractivity contribution in [1.29, 1.82) is 0 Å². The average Bonchev–Trinajstić information content (AvgIpc) is 2.38. The Labute approximate surface area is 140 Å². The maximum Gasteiger partial charge on any atom is 0.307 e. The number of benzene rings is 1. The summed E-state index contributed by atoms with van der Waals surface area (Å²) in [4.78, 5) is 21.5. The third-order valence-electron chi connectivity index (χ3n) is 4.45. The SMILES string of the molecule is C[C@@H]1C[C@H](Nc2cc(F)c(CC(=O)O)cc2[N+](=O)[O-])CC(C)(C)C1. The first-order chi connectivity index (χ1) is 11.1. The van der Waals surface area contributed by atoms with Crippen LogP contribution in [0.5, 0.6) is 0 Å². The Morgan fingerprint density at radius 3 is 2.67 bits per heavy atom. The topological polar surface area (TPSA) is 92.5 Å². The number of carbonyl (C=O) groups is 1. The van der Waals surface area contributed by atoms with Crippen LogP contribution in [0.3, 0.4) is 0 Å². The predicted octanol–water partition coefficient (Wildman–Crippen LogP) is 3.99. The third-order valence-corrected chi connectivity index (χ3v) is 4.45. The van der Waals surface area contributed by atoms with Gasteiger partial charge in [-0.1, -0.05) is 20.8 Å². The Hall–Kier alpha value is -2.18. The van der Waals surface area contributed by atoms with Crippen molar-refractivity contribution in [3.05, 3.63) is 33.6 Å². The number of carboxylic acid groups (broad SMARTS) is 1. The van der Waals surface area contributed by atoms with Gasteiger partial charge >= 0.3 is 5.97 Å². The zero-order chi connectivity index (χ0) is 18.1. The second-order valence-corrected chi connectivity index (χ2v) is 7.54. The number of hydrogen-bond acceptors (Lipinski definition) is 4. The first kappa shape index (κ1) is 18.2. The van der Waals surface area contributed by atoms with Crippen LogP contribution in [0.2, 0.25) is 0 Å². The van der Waals surface area contributed by atoms with Crippen molar-refractivity contribution in [3.8, 4) is 0 Å². The monoisotopic (exact) mass is 338 g/mol. The smallest absolute Gasteiger partial charge is 0.307 e. The van der Waals surface area contributed by atoms with Crippen LogP contribution in [-0.2, 0) is 11.2 Å². The fourth-order valence-electron chi connectivity index (χ4n) is 3.85. The van der Waals surface area contributed by atoms with E-state index in [1.54, 1.807) is 0 Å². The summed E-state index contributed by atoms with van der Waals surface area (Å²) in [5.74, 6) is -1.50. The molecule has 1 aliphatic rings. The van der Waals surface area contributed by atoms with E-state index < -0.39 is 23.1 Å². The van der Waals surface area contributed by atoms with E-state index in [4.69, 9.17) is 5.11 Å². The maximum atomic E-state index is 14.1. The summed E-state index contributed by atoms with van der Waals surface area (Å²) in [6, 6.07) is 2.08. The fourth-order valence-corrected chi connectivity index (χ4v) is 3.85. The molecule has 0 heterocycles. The van der Waals surface area contributed by atoms with Crippen LogP contribution in [0, 0.1) is 27.3 Å². The van der Waals surface area contributed by atoms with Crippen LogP contribution >= 0.6 is 0 Å². The molecule has 0 spiro atoms. The van der Waals surface area contributed by atoms with Gasteiger partial charge in [0.05, 0.1) is 11.3 Å². The van der Waals surface area contributed by atoms with Crippen molar-refractivity contribution in [2.24, 2.45) is 11.3 Å². The third kappa shape index (κ3) is 4.43. The highest BCUT2D eigenvalue weighted by Crippen LogP contribution is 2.40. The van der Waals surface area contributed by atoms with Gasteiger partial charge < -0.3 is 10.4 Å². The number of carboxylic acids is 1. The number of nitrogens with zero attached hydrogens (tertiary/aromatic N) is 1. The second kappa shape index (κ2) is 6.75. The molecule has 0 aliphatic heterocycles. The highest BCUT2D eigenvalue weighted by molar-refractivity contribution is 5.72. The number of nitrogens with one attached hydrogen (secondary N) is 1. The molecule has 2 N–H and O–H groups in total. The Kier molecular flexibility index (Phi) is 5.11. The minimum absolute atomic E-state index is 0.0205. The molecule has 2 atom stereocenters. The molecule has 24 heavy (non-hydrogen) atoms. The van der Waals surface area contributed by atoms with Gasteiger partial charge in [-0.3, -0.25) is 14.9 Å². The minimum atomic E-state index is -1.23. The molecule has 132 valence electrons. The number of hydrogen-bond donors (Lipinski definition) is 2. The van der Waals surface area contributed by atoms with Crippen LogP contribution < -0.4 is 5.32 Å². The van der Waals surface area contributed by atoms with Crippen LogP contribution in [0.4, 0.5) is 15.8 Å². The van der Waals surface area contributed by atoms with E-state index in [0.717, 1.165) is 31.4 Å². The van der Waals surface area contributed by atoms with E-state index in [0.29, 0.717) is 5.92 Å². The highest BCUT2D eigenvalue weighted by Gasteiger charge is 2.33. The van der Waals surface area contributed by atoms with Crippen LogP contribution in [0.1, 0.15) is 45.6 Å². The van der Waals surface area contributed by atoms with Crippen molar-refractivity contribution in [2.75, 3.05) is 5.32 Å². The van der Waals surface area contributed by atoms with Crippen LogP contribution in [0.15, 0.2) is 12.1 Å². The van der Waals surface area contributed by atoms with Gasteiger partial charge in [-0.05, 0) is 30.6 Å². The van der Waals surface area contributed by atoms with E-state index in [1.165, 1.54) is 0 Å². The normalized spacial score (nSPS) is 22.8. The number of nitro groups is 1. The molecule has 0 radical (unpaired) electrons. The van der Waals surface area contributed by atoms with Crippen molar-refractivity contribution in [2.45, 2.75) is 52.5 Å². The lowest BCUT2D eigenvalue weighted by molar-refractivity contribution is -0.384. The highest BCUT2D eigenvalue weighted by atomic mass is 19.1. The Balaban J connectivity index is 2.30. The quantitative estimate of drug-likeness (QED) is 0.625. The number of aliphatic carboxylic acids is 1. The maximum absolute atomic E-state index is 14.1. The van der Waals surface area contributed by atoms with Gasteiger partial charge in [-0.25, -0.2) is 4.39 Å². The number of anilines is 1. The van der Waals surface area contributed by atoms with E-state index in [1.807, 2.05) is 0 Å². The molecule has 0 bridgehead atoms. The van der Waals surface area contributed by atoms with Gasteiger partial charge in [-0.2, -0.15) is 0 Å². The van der Waals surface area contributed by atoms with Crippen LogP contribution in [0.25, 0.3) is 0 Å². The molecule has 1 aromatic carbocycles. The second-order valence-electron chi connectivity index (χ2n) is 7.54. The fraction of sp³-hybridized carbons (Fsp3) is 0.588. The molecular weight excluding hydrogens is 315 g/mol.